The van der Waals surface area contributed by atoms with Crippen LogP contribution in [0.3, 0.4) is 0 Å². The van der Waals surface area contributed by atoms with E-state index in [9.17, 15) is 0 Å². The first kappa shape index (κ1) is 33.7. The van der Waals surface area contributed by atoms with Crippen molar-refractivity contribution in [1.82, 2.24) is 10.9 Å². The Morgan fingerprint density at radius 2 is 0.814 bits per heavy atom. The van der Waals surface area contributed by atoms with Gasteiger partial charge in [-0.1, -0.05) is 0 Å². The van der Waals surface area contributed by atoms with Gasteiger partial charge in [-0.2, -0.15) is 10.2 Å². The van der Waals surface area contributed by atoms with Gasteiger partial charge in [-0.3, -0.25) is 10.9 Å². The van der Waals surface area contributed by atoms with E-state index in [0.717, 1.165) is 0 Å². The largest absolute Gasteiger partial charge is 2.00 e. The third-order valence-corrected chi connectivity index (χ3v) is 4.79. The summed E-state index contributed by atoms with van der Waals surface area (Å²) in [5.41, 5.74) is 6.68. The molecule has 0 fully saturated rings. The van der Waals surface area contributed by atoms with Crippen LogP contribution in [0.25, 0.3) is 0 Å². The molecule has 1 radical (unpaired) electrons. The molecule has 0 amide bonds. The molecule has 0 saturated carbocycles. The minimum Gasteiger partial charge on any atom is -0.463 e. The first-order chi connectivity index (χ1) is 20.2. The molecular formula is C22H14CuN8O10S2. The van der Waals surface area contributed by atoms with Crippen molar-refractivity contribution in [3.63, 3.8) is 0 Å². The van der Waals surface area contributed by atoms with Crippen molar-refractivity contribution in [2.24, 2.45) is 20.2 Å². The second kappa shape index (κ2) is 16.7. The van der Waals surface area contributed by atoms with Gasteiger partial charge in [0, 0.05) is 0 Å². The van der Waals surface area contributed by atoms with E-state index in [1.165, 1.54) is 25.1 Å². The summed E-state index contributed by atoms with van der Waals surface area (Å²) in [4.78, 5) is 25.5. The van der Waals surface area contributed by atoms with Crippen molar-refractivity contribution < 1.29 is 44.9 Å². The van der Waals surface area contributed by atoms with Gasteiger partial charge >= 0.3 is 17.1 Å². The van der Waals surface area contributed by atoms with Crippen LogP contribution in [-0.4, -0.2) is 43.2 Å². The van der Waals surface area contributed by atoms with Crippen LogP contribution in [0.15, 0.2) is 111 Å². The maximum absolute atomic E-state index is 8.25. The molecule has 5 rings (SSSR count). The fraction of sp³-hybridized carbons (Fsp3) is 0. The zero-order valence-electron chi connectivity index (χ0n) is 20.8. The van der Waals surface area contributed by atoms with Crippen LogP contribution in [0.5, 0.6) is 0 Å². The minimum absolute atomic E-state index is 0. The number of rotatable bonds is 4. The van der Waals surface area contributed by atoms with E-state index in [-0.39, 0.29) is 38.7 Å². The zero-order valence-corrected chi connectivity index (χ0v) is 23.4. The SMILES string of the molecule is O=[N+]([O-])[O-].O=[N+]([O-])[O-].S=C1/N=C(c2ccco2)/C(c2ccco2)=N/C(=S)N/N=C(c2ccco2)/C(c2ccco2)=N/N1.[Cu+2]. The Balaban J connectivity index is 0.000000642. The van der Waals surface area contributed by atoms with Gasteiger partial charge < -0.3 is 48.3 Å². The molecule has 18 nitrogen and oxygen atoms in total. The van der Waals surface area contributed by atoms with Crippen LogP contribution in [0.1, 0.15) is 23.0 Å². The number of nitrogens with one attached hydrogen (secondary N) is 2. The molecule has 0 bridgehead atoms. The topological polar surface area (TPSA) is 258 Å². The summed E-state index contributed by atoms with van der Waals surface area (Å²) in [5, 5.41) is 38.3. The summed E-state index contributed by atoms with van der Waals surface area (Å²) < 4.78 is 22.2. The molecule has 0 unspecified atom stereocenters. The quantitative estimate of drug-likeness (QED) is 0.136. The smallest absolute Gasteiger partial charge is 0.463 e. The summed E-state index contributed by atoms with van der Waals surface area (Å²) >= 11 is 10.9. The van der Waals surface area contributed by atoms with Gasteiger partial charge in [-0.25, -0.2) is 9.98 Å². The van der Waals surface area contributed by atoms with Crippen molar-refractivity contribution in [2.45, 2.75) is 0 Å². The predicted molar refractivity (Wildman–Crippen MR) is 153 cm³/mol. The summed E-state index contributed by atoms with van der Waals surface area (Å²) in [6.07, 6.45) is 6.04. The molecule has 0 atom stereocenters. The maximum atomic E-state index is 8.25. The summed E-state index contributed by atoms with van der Waals surface area (Å²) in [6.45, 7) is 0. The second-order valence-corrected chi connectivity index (χ2v) is 7.81. The molecule has 2 N–H and O–H groups in total. The molecular weight excluding hydrogens is 664 g/mol. The molecule has 4 aromatic heterocycles. The number of hydrazone groups is 2. The van der Waals surface area contributed by atoms with Gasteiger partial charge in [-0.05, 0) is 73.0 Å². The predicted octanol–water partition coefficient (Wildman–Crippen LogP) is 3.43. The molecule has 0 aliphatic carbocycles. The van der Waals surface area contributed by atoms with Crippen LogP contribution in [-0.2, 0) is 17.1 Å². The Labute approximate surface area is 260 Å². The van der Waals surface area contributed by atoms with Crippen LogP contribution in [0, 0.1) is 30.6 Å². The Hall–Kier alpha value is -5.50. The van der Waals surface area contributed by atoms with Gasteiger partial charge in [0.25, 0.3) is 0 Å². The molecule has 5 heterocycles. The number of hydrogen-bond acceptors (Lipinski definition) is 14. The standard InChI is InChI=1S/C22H14N6O4S2.Cu.2NO3/c33-21-23-17(13-5-1-9-29-13)18(14-6-2-10-30-14)24-22(34)28-26-20(16-8-4-12-32-16)19(25-27-21)15-7-3-11-31-15;;2*2-1(3)4/h1-12H,(H,23,27,33)(H,24,28,34);;;/q;+2;2*-1. The van der Waals surface area contributed by atoms with Crippen molar-refractivity contribution >= 4 is 57.5 Å². The zero-order chi connectivity index (χ0) is 30.5. The van der Waals surface area contributed by atoms with Crippen molar-refractivity contribution in [1.29, 1.82) is 0 Å². The van der Waals surface area contributed by atoms with Crippen molar-refractivity contribution in [3.05, 3.63) is 127 Å². The summed E-state index contributed by atoms with van der Waals surface area (Å²) in [7, 11) is 0. The van der Waals surface area contributed by atoms with Gasteiger partial charge in [-0.15, -0.1) is 0 Å². The van der Waals surface area contributed by atoms with E-state index in [1.54, 1.807) is 48.5 Å². The molecule has 21 heteroatoms. The molecule has 1 aliphatic heterocycles. The van der Waals surface area contributed by atoms with Crippen LogP contribution < -0.4 is 10.9 Å². The minimum atomic E-state index is -1.75. The van der Waals surface area contributed by atoms with Crippen LogP contribution >= 0.6 is 24.4 Å². The number of hydrogen-bond donors (Lipinski definition) is 2. The number of nitrogens with zero attached hydrogens (tertiary/aromatic N) is 6. The van der Waals surface area contributed by atoms with Crippen LogP contribution in [0.2, 0.25) is 0 Å². The normalized spacial score (nSPS) is 18.0. The summed E-state index contributed by atoms with van der Waals surface area (Å²) in [5.74, 6) is 1.61. The van der Waals surface area contributed by atoms with Crippen molar-refractivity contribution in [3.8, 4) is 0 Å². The third kappa shape index (κ3) is 10.4. The van der Waals surface area contributed by atoms with Gasteiger partial charge in [0.15, 0.2) is 34.5 Å². The molecule has 4 aromatic rings. The average Bonchev–Trinajstić information content (AvgIpc) is 3.75. The number of furan rings is 4. The number of thiocarbonyl (C=S) groups is 2. The fourth-order valence-electron chi connectivity index (χ4n) is 3.01. The molecule has 43 heavy (non-hydrogen) atoms. The summed E-state index contributed by atoms with van der Waals surface area (Å²) in [6, 6.07) is 13.7. The van der Waals surface area contributed by atoms with Crippen LogP contribution in [0.4, 0.5) is 0 Å². The van der Waals surface area contributed by atoms with E-state index in [2.05, 4.69) is 31.0 Å². The second-order valence-electron chi connectivity index (χ2n) is 7.03. The van der Waals surface area contributed by atoms with Gasteiger partial charge in [0.2, 0.25) is 10.2 Å². The number of aliphatic imine (C=N–C) groups is 2. The van der Waals surface area contributed by atoms with E-state index >= 15 is 0 Å². The van der Waals surface area contributed by atoms with E-state index in [0.29, 0.717) is 34.5 Å². The van der Waals surface area contributed by atoms with E-state index in [4.69, 9.17) is 72.7 Å². The molecule has 225 valence electrons. The average molecular weight is 678 g/mol. The third-order valence-electron chi connectivity index (χ3n) is 4.42. The van der Waals surface area contributed by atoms with Gasteiger partial charge in [0.05, 0.1) is 35.2 Å². The van der Waals surface area contributed by atoms with Gasteiger partial charge in [0.1, 0.15) is 11.4 Å². The Kier molecular flexibility index (Phi) is 13.1. The fourth-order valence-corrected chi connectivity index (χ4v) is 3.29. The molecule has 1 aliphatic rings. The van der Waals surface area contributed by atoms with E-state index < -0.39 is 10.2 Å². The molecule has 0 aromatic carbocycles. The molecule has 0 spiro atoms. The Bertz CT molecular complexity index is 1500. The first-order valence-corrected chi connectivity index (χ1v) is 11.7. The van der Waals surface area contributed by atoms with E-state index in [1.807, 2.05) is 0 Å². The molecule has 0 saturated heterocycles. The van der Waals surface area contributed by atoms with Crippen molar-refractivity contribution in [2.75, 3.05) is 0 Å². The Morgan fingerprint density at radius 1 is 0.558 bits per heavy atom. The first-order valence-electron chi connectivity index (χ1n) is 10.9. The Morgan fingerprint density at radius 3 is 1.05 bits per heavy atom. The monoisotopic (exact) mass is 677 g/mol. The maximum Gasteiger partial charge on any atom is 2.00 e.